The highest BCUT2D eigenvalue weighted by atomic mass is 16.1. The van der Waals surface area contributed by atoms with Gasteiger partial charge in [-0.2, -0.15) is 0 Å². The molecule has 1 fully saturated rings. The maximum atomic E-state index is 12.2. The van der Waals surface area contributed by atoms with Gasteiger partial charge in [-0.25, -0.2) is 0 Å². The second kappa shape index (κ2) is 5.74. The van der Waals surface area contributed by atoms with Gasteiger partial charge in [-0.05, 0) is 23.3 Å². The van der Waals surface area contributed by atoms with Gasteiger partial charge in [0.25, 0.3) is 0 Å². The van der Waals surface area contributed by atoms with E-state index >= 15 is 0 Å². The second-order valence-electron chi connectivity index (χ2n) is 6.74. The molecule has 0 bridgehead atoms. The SMILES string of the molecule is CC(C)(C)CC=C1C(=O)CC(c2ccccc2)CC1=O. The van der Waals surface area contributed by atoms with E-state index in [0.29, 0.717) is 18.4 Å². The number of hydrogen-bond acceptors (Lipinski definition) is 2. The van der Waals surface area contributed by atoms with Crippen LogP contribution in [0.25, 0.3) is 0 Å². The molecule has 0 amide bonds. The summed E-state index contributed by atoms with van der Waals surface area (Å²) in [5, 5.41) is 0. The molecule has 2 nitrogen and oxygen atoms in total. The summed E-state index contributed by atoms with van der Waals surface area (Å²) in [7, 11) is 0. The van der Waals surface area contributed by atoms with Gasteiger partial charge in [-0.1, -0.05) is 57.2 Å². The Morgan fingerprint density at radius 2 is 1.60 bits per heavy atom. The normalized spacial score (nSPS) is 20.1. The van der Waals surface area contributed by atoms with Gasteiger partial charge in [0.15, 0.2) is 11.6 Å². The molecule has 0 atom stereocenters. The van der Waals surface area contributed by atoms with E-state index in [9.17, 15) is 9.59 Å². The Bertz CT molecular complexity index is 512. The van der Waals surface area contributed by atoms with E-state index in [1.807, 2.05) is 36.4 Å². The molecule has 2 heteroatoms. The predicted molar refractivity (Wildman–Crippen MR) is 80.6 cm³/mol. The van der Waals surface area contributed by atoms with Crippen LogP contribution in [0.5, 0.6) is 0 Å². The topological polar surface area (TPSA) is 34.1 Å². The Labute approximate surface area is 120 Å². The predicted octanol–water partition coefficient (Wildman–Crippen LogP) is 4.06. The van der Waals surface area contributed by atoms with Crippen molar-refractivity contribution in [3.05, 3.63) is 47.5 Å². The lowest BCUT2D eigenvalue weighted by atomic mass is 9.79. The number of Topliss-reactive ketones (excluding diaryl/α,β-unsaturated/α-hetero) is 2. The maximum Gasteiger partial charge on any atom is 0.166 e. The summed E-state index contributed by atoms with van der Waals surface area (Å²) in [6.45, 7) is 6.32. The third-order valence-corrected chi connectivity index (χ3v) is 3.65. The Morgan fingerprint density at radius 3 is 2.10 bits per heavy atom. The summed E-state index contributed by atoms with van der Waals surface area (Å²) in [6, 6.07) is 9.85. The van der Waals surface area contributed by atoms with Crippen LogP contribution in [0.4, 0.5) is 0 Å². The molecule has 0 aromatic heterocycles. The molecule has 0 unspecified atom stereocenters. The average molecular weight is 270 g/mol. The fraction of sp³-hybridized carbons (Fsp3) is 0.444. The van der Waals surface area contributed by atoms with Gasteiger partial charge >= 0.3 is 0 Å². The molecule has 2 rings (SSSR count). The first-order chi connectivity index (χ1) is 9.37. The molecule has 0 spiro atoms. The molecule has 0 N–H and O–H groups in total. The number of carbonyl (C=O) groups excluding carboxylic acids is 2. The molecule has 1 aromatic rings. The van der Waals surface area contributed by atoms with Gasteiger partial charge in [0, 0.05) is 12.8 Å². The Morgan fingerprint density at radius 1 is 1.05 bits per heavy atom. The van der Waals surface area contributed by atoms with Crippen molar-refractivity contribution in [3.8, 4) is 0 Å². The first kappa shape index (κ1) is 14.7. The summed E-state index contributed by atoms with van der Waals surface area (Å²) in [5.74, 6) is 0.0432. The van der Waals surface area contributed by atoms with Gasteiger partial charge in [0.05, 0.1) is 5.57 Å². The zero-order chi connectivity index (χ0) is 14.8. The zero-order valence-corrected chi connectivity index (χ0v) is 12.5. The largest absolute Gasteiger partial charge is 0.294 e. The minimum absolute atomic E-state index is 0.000599. The van der Waals surface area contributed by atoms with E-state index in [1.165, 1.54) is 0 Å². The quantitative estimate of drug-likeness (QED) is 0.600. The van der Waals surface area contributed by atoms with E-state index < -0.39 is 0 Å². The lowest BCUT2D eigenvalue weighted by molar-refractivity contribution is -0.124. The molecule has 1 saturated carbocycles. The van der Waals surface area contributed by atoms with Crippen molar-refractivity contribution >= 4 is 11.6 Å². The fourth-order valence-corrected chi connectivity index (χ4v) is 2.49. The number of allylic oxidation sites excluding steroid dienone is 2. The summed E-state index contributed by atoms with van der Waals surface area (Å²) >= 11 is 0. The number of benzene rings is 1. The molecule has 0 radical (unpaired) electrons. The van der Waals surface area contributed by atoms with Crippen LogP contribution in [0, 0.1) is 5.41 Å². The zero-order valence-electron chi connectivity index (χ0n) is 12.5. The van der Waals surface area contributed by atoms with Crippen molar-refractivity contribution in [1.29, 1.82) is 0 Å². The van der Waals surface area contributed by atoms with Crippen molar-refractivity contribution in [2.45, 2.75) is 46.0 Å². The van der Waals surface area contributed by atoms with Crippen LogP contribution in [-0.4, -0.2) is 11.6 Å². The highest BCUT2D eigenvalue weighted by Crippen LogP contribution is 2.32. The molecular formula is C18H22O2. The molecule has 106 valence electrons. The average Bonchev–Trinajstić information content (AvgIpc) is 2.37. The molecular weight excluding hydrogens is 248 g/mol. The smallest absolute Gasteiger partial charge is 0.166 e. The molecule has 0 saturated heterocycles. The van der Waals surface area contributed by atoms with Crippen molar-refractivity contribution < 1.29 is 9.59 Å². The van der Waals surface area contributed by atoms with Gasteiger partial charge in [-0.15, -0.1) is 0 Å². The fourth-order valence-electron chi connectivity index (χ4n) is 2.49. The standard InChI is InChI=1S/C18H22O2/c1-18(2,3)10-9-15-16(19)11-14(12-17(15)20)13-7-5-4-6-8-13/h4-9,14H,10-12H2,1-3H3. The Kier molecular flexibility index (Phi) is 4.22. The maximum absolute atomic E-state index is 12.2. The van der Waals surface area contributed by atoms with Crippen molar-refractivity contribution in [2.24, 2.45) is 5.41 Å². The molecule has 0 heterocycles. The van der Waals surface area contributed by atoms with Gasteiger partial charge in [-0.3, -0.25) is 9.59 Å². The minimum Gasteiger partial charge on any atom is -0.294 e. The van der Waals surface area contributed by atoms with Gasteiger partial charge in [0.1, 0.15) is 0 Å². The highest BCUT2D eigenvalue weighted by Gasteiger charge is 2.31. The van der Waals surface area contributed by atoms with Gasteiger partial charge in [0.2, 0.25) is 0 Å². The number of hydrogen-bond donors (Lipinski definition) is 0. The van der Waals surface area contributed by atoms with E-state index in [2.05, 4.69) is 20.8 Å². The summed E-state index contributed by atoms with van der Waals surface area (Å²) < 4.78 is 0. The molecule has 1 aliphatic carbocycles. The molecule has 1 aromatic carbocycles. The van der Waals surface area contributed by atoms with E-state index in [4.69, 9.17) is 0 Å². The first-order valence-corrected chi connectivity index (χ1v) is 7.18. The minimum atomic E-state index is -0.000599. The van der Waals surface area contributed by atoms with Crippen LogP contribution < -0.4 is 0 Å². The van der Waals surface area contributed by atoms with Crippen LogP contribution in [0.3, 0.4) is 0 Å². The third-order valence-electron chi connectivity index (χ3n) is 3.65. The summed E-state index contributed by atoms with van der Waals surface area (Å²) in [6.07, 6.45) is 3.50. The summed E-state index contributed by atoms with van der Waals surface area (Å²) in [5.41, 5.74) is 1.61. The van der Waals surface area contributed by atoms with E-state index in [-0.39, 0.29) is 22.9 Å². The monoisotopic (exact) mass is 270 g/mol. The molecule has 20 heavy (non-hydrogen) atoms. The van der Waals surface area contributed by atoms with Crippen molar-refractivity contribution in [1.82, 2.24) is 0 Å². The van der Waals surface area contributed by atoms with Crippen molar-refractivity contribution in [2.75, 3.05) is 0 Å². The first-order valence-electron chi connectivity index (χ1n) is 7.18. The highest BCUT2D eigenvalue weighted by molar-refractivity contribution is 6.22. The lowest BCUT2D eigenvalue weighted by Crippen LogP contribution is -2.25. The Hall–Kier alpha value is -1.70. The second-order valence-corrected chi connectivity index (χ2v) is 6.74. The van der Waals surface area contributed by atoms with Crippen LogP contribution in [-0.2, 0) is 9.59 Å². The molecule has 0 aliphatic heterocycles. The van der Waals surface area contributed by atoms with E-state index in [0.717, 1.165) is 12.0 Å². The number of carbonyl (C=O) groups is 2. The van der Waals surface area contributed by atoms with Crippen LogP contribution in [0.2, 0.25) is 0 Å². The van der Waals surface area contributed by atoms with Crippen molar-refractivity contribution in [3.63, 3.8) is 0 Å². The summed E-state index contributed by atoms with van der Waals surface area (Å²) in [4.78, 5) is 24.4. The van der Waals surface area contributed by atoms with Gasteiger partial charge < -0.3 is 0 Å². The third kappa shape index (κ3) is 3.66. The van der Waals surface area contributed by atoms with Crippen LogP contribution in [0.1, 0.15) is 51.5 Å². The van der Waals surface area contributed by atoms with E-state index in [1.54, 1.807) is 0 Å². The molecule has 1 aliphatic rings. The number of rotatable bonds is 2. The Balaban J connectivity index is 2.13. The lowest BCUT2D eigenvalue weighted by Gasteiger charge is -2.23. The van der Waals surface area contributed by atoms with Crippen LogP contribution >= 0.6 is 0 Å². The number of ketones is 2. The van der Waals surface area contributed by atoms with Crippen LogP contribution in [0.15, 0.2) is 42.0 Å².